The second-order valence-electron chi connectivity index (χ2n) is 7.62. The number of carbonyl (C=O) groups excluding carboxylic acids is 1. The van der Waals surface area contributed by atoms with E-state index in [-0.39, 0.29) is 23.9 Å². The number of carboxylic acids is 1. The van der Waals surface area contributed by atoms with Crippen molar-refractivity contribution in [3.8, 4) is 0 Å². The highest BCUT2D eigenvalue weighted by atomic mass is 32.2. The molecule has 0 bridgehead atoms. The van der Waals surface area contributed by atoms with E-state index in [1.807, 2.05) is 13.0 Å². The molecule has 3 atom stereocenters. The van der Waals surface area contributed by atoms with Crippen molar-refractivity contribution in [2.24, 2.45) is 0 Å². The summed E-state index contributed by atoms with van der Waals surface area (Å²) >= 11 is 1.42. The summed E-state index contributed by atoms with van der Waals surface area (Å²) in [5.41, 5.74) is 0.0483. The smallest absolute Gasteiger partial charge is 0.327 e. The first-order valence-corrected chi connectivity index (χ1v) is 12.8. The van der Waals surface area contributed by atoms with Crippen LogP contribution in [-0.4, -0.2) is 40.3 Å². The molecule has 1 amide bonds. The molecule has 6 heteroatoms. The van der Waals surface area contributed by atoms with Crippen LogP contribution in [0.3, 0.4) is 0 Å². The van der Waals surface area contributed by atoms with Gasteiger partial charge in [0, 0.05) is 12.2 Å². The molecule has 1 aliphatic heterocycles. The van der Waals surface area contributed by atoms with Crippen molar-refractivity contribution >= 4 is 23.6 Å². The van der Waals surface area contributed by atoms with E-state index in [1.165, 1.54) is 11.8 Å². The topological polar surface area (TPSA) is 78.9 Å². The quantitative estimate of drug-likeness (QED) is 0.185. The van der Waals surface area contributed by atoms with Gasteiger partial charge in [0.15, 0.2) is 0 Å². The van der Waals surface area contributed by atoms with Crippen molar-refractivity contribution in [3.05, 3.63) is 72.9 Å². The molecule has 5 nitrogen and oxygen atoms in total. The average Bonchev–Trinajstić information content (AvgIpc) is 3.50. The van der Waals surface area contributed by atoms with E-state index >= 15 is 0 Å². The van der Waals surface area contributed by atoms with Crippen LogP contribution in [0.5, 0.6) is 0 Å². The standard InChI is InChI=1S/C27H39NO4S/c1-3-4-5-6-7-8-9-10-11-12-13-14-15-16-17-18-19-20-21-25(29)28-24(26(30)31)22-33-27-23(2)32-27/h4-5,7-8,10-11,13-14,16-17,19-20,23-24,27H,3,6,9,12,15,18,21-22H2,1-2H3,(H,28,29)(H,30,31). The Labute approximate surface area is 203 Å². The van der Waals surface area contributed by atoms with Crippen molar-refractivity contribution in [1.29, 1.82) is 0 Å². The first-order chi connectivity index (χ1) is 16.0. The van der Waals surface area contributed by atoms with E-state index in [0.29, 0.717) is 5.75 Å². The Kier molecular flexibility index (Phi) is 16.7. The van der Waals surface area contributed by atoms with Gasteiger partial charge in [0.05, 0.1) is 6.10 Å². The van der Waals surface area contributed by atoms with Gasteiger partial charge in [-0.3, -0.25) is 4.79 Å². The predicted octanol–water partition coefficient (Wildman–Crippen LogP) is 6.12. The summed E-state index contributed by atoms with van der Waals surface area (Å²) in [5.74, 6) is -1.00. The molecule has 1 fully saturated rings. The molecular weight excluding hydrogens is 434 g/mol. The summed E-state index contributed by atoms with van der Waals surface area (Å²) in [6.07, 6.45) is 31.2. The zero-order chi connectivity index (χ0) is 24.2. The minimum atomic E-state index is -1.02. The Morgan fingerprint density at radius 2 is 1.27 bits per heavy atom. The number of amides is 1. The van der Waals surface area contributed by atoms with Gasteiger partial charge in [0.1, 0.15) is 11.5 Å². The number of ether oxygens (including phenoxy) is 1. The van der Waals surface area contributed by atoms with E-state index in [9.17, 15) is 14.7 Å². The molecule has 0 aromatic rings. The normalized spacial score (nSPS) is 19.7. The predicted molar refractivity (Wildman–Crippen MR) is 139 cm³/mol. The third-order valence-corrected chi connectivity index (χ3v) is 5.96. The summed E-state index contributed by atoms with van der Waals surface area (Å²) in [6, 6.07) is -0.890. The molecule has 1 rings (SSSR count). The number of carboxylic acid groups (broad SMARTS) is 1. The molecule has 33 heavy (non-hydrogen) atoms. The number of thioether (sulfide) groups is 1. The SMILES string of the molecule is CCC=CCC=CCC=CCC=CCC=CCC=CCC(=O)NC(CSC1OC1C)C(=O)O. The summed E-state index contributed by atoms with van der Waals surface area (Å²) < 4.78 is 5.25. The average molecular weight is 474 g/mol. The van der Waals surface area contributed by atoms with E-state index in [4.69, 9.17) is 4.74 Å². The Hall–Kier alpha value is -2.31. The molecule has 1 aliphatic rings. The van der Waals surface area contributed by atoms with Gasteiger partial charge in [-0.15, -0.1) is 11.8 Å². The van der Waals surface area contributed by atoms with Gasteiger partial charge >= 0.3 is 5.97 Å². The molecule has 0 spiro atoms. The summed E-state index contributed by atoms with van der Waals surface area (Å²) in [7, 11) is 0. The van der Waals surface area contributed by atoms with E-state index in [2.05, 4.69) is 73.0 Å². The third kappa shape index (κ3) is 16.9. The highest BCUT2D eigenvalue weighted by molar-refractivity contribution is 8.00. The summed E-state index contributed by atoms with van der Waals surface area (Å²) in [5, 5.41) is 11.8. The molecule has 0 aliphatic carbocycles. The zero-order valence-electron chi connectivity index (χ0n) is 19.9. The number of allylic oxidation sites excluding steroid dienone is 11. The van der Waals surface area contributed by atoms with Crippen LogP contribution in [0.15, 0.2) is 72.9 Å². The van der Waals surface area contributed by atoms with Gasteiger partial charge in [-0.25, -0.2) is 4.79 Å². The maximum atomic E-state index is 11.9. The highest BCUT2D eigenvalue weighted by Gasteiger charge is 2.36. The number of epoxide rings is 1. The fraction of sp³-hybridized carbons (Fsp3) is 0.481. The van der Waals surface area contributed by atoms with Gasteiger partial charge in [-0.05, 0) is 45.4 Å². The van der Waals surface area contributed by atoms with Crippen LogP contribution in [0.2, 0.25) is 0 Å². The van der Waals surface area contributed by atoms with Crippen molar-refractivity contribution in [1.82, 2.24) is 5.32 Å². The Morgan fingerprint density at radius 1 is 0.848 bits per heavy atom. The van der Waals surface area contributed by atoms with Crippen LogP contribution in [0, 0.1) is 0 Å². The van der Waals surface area contributed by atoms with E-state index < -0.39 is 12.0 Å². The first kappa shape index (κ1) is 28.7. The molecular formula is C27H39NO4S. The fourth-order valence-electron chi connectivity index (χ4n) is 2.67. The van der Waals surface area contributed by atoms with Gasteiger partial charge < -0.3 is 15.2 Å². The lowest BCUT2D eigenvalue weighted by Crippen LogP contribution is -2.42. The van der Waals surface area contributed by atoms with Gasteiger partial charge in [0.25, 0.3) is 0 Å². The molecule has 2 N–H and O–H groups in total. The first-order valence-electron chi connectivity index (χ1n) is 11.7. The fourth-order valence-corrected chi connectivity index (χ4v) is 3.81. The maximum absolute atomic E-state index is 11.9. The molecule has 0 aromatic heterocycles. The van der Waals surface area contributed by atoms with Crippen molar-refractivity contribution in [2.75, 3.05) is 5.75 Å². The number of hydrogen-bond acceptors (Lipinski definition) is 4. The van der Waals surface area contributed by atoms with E-state index in [0.717, 1.165) is 38.5 Å². The molecule has 1 saturated heterocycles. The van der Waals surface area contributed by atoms with Crippen molar-refractivity contribution < 1.29 is 19.4 Å². The number of hydrogen-bond donors (Lipinski definition) is 2. The number of carbonyl (C=O) groups is 2. The van der Waals surface area contributed by atoms with Crippen LogP contribution >= 0.6 is 11.8 Å². The largest absolute Gasteiger partial charge is 0.480 e. The third-order valence-electron chi connectivity index (χ3n) is 4.62. The molecule has 1 heterocycles. The maximum Gasteiger partial charge on any atom is 0.327 e. The Bertz CT molecular complexity index is 736. The van der Waals surface area contributed by atoms with Crippen LogP contribution in [0.4, 0.5) is 0 Å². The van der Waals surface area contributed by atoms with Crippen molar-refractivity contribution in [2.45, 2.75) is 76.4 Å². The lowest BCUT2D eigenvalue weighted by Gasteiger charge is -2.12. The van der Waals surface area contributed by atoms with Gasteiger partial charge in [-0.1, -0.05) is 79.8 Å². The second-order valence-corrected chi connectivity index (χ2v) is 8.75. The summed E-state index contributed by atoms with van der Waals surface area (Å²) in [4.78, 5) is 23.2. The van der Waals surface area contributed by atoms with Gasteiger partial charge in [0.2, 0.25) is 5.91 Å². The van der Waals surface area contributed by atoms with E-state index in [1.54, 1.807) is 6.08 Å². The van der Waals surface area contributed by atoms with Crippen LogP contribution < -0.4 is 5.32 Å². The highest BCUT2D eigenvalue weighted by Crippen LogP contribution is 2.32. The van der Waals surface area contributed by atoms with Crippen LogP contribution in [0.25, 0.3) is 0 Å². The van der Waals surface area contributed by atoms with Gasteiger partial charge in [-0.2, -0.15) is 0 Å². The Balaban J connectivity index is 2.06. The number of nitrogens with one attached hydrogen (secondary N) is 1. The minimum Gasteiger partial charge on any atom is -0.480 e. The molecule has 182 valence electrons. The Morgan fingerprint density at radius 3 is 1.67 bits per heavy atom. The molecule has 0 radical (unpaired) electrons. The number of rotatable bonds is 18. The molecule has 0 aromatic carbocycles. The second kappa shape index (κ2) is 19.2. The summed E-state index contributed by atoms with van der Waals surface area (Å²) in [6.45, 7) is 4.08. The number of aliphatic carboxylic acids is 1. The lowest BCUT2D eigenvalue weighted by molar-refractivity contribution is -0.141. The van der Waals surface area contributed by atoms with Crippen LogP contribution in [0.1, 0.15) is 58.8 Å². The molecule has 0 saturated carbocycles. The lowest BCUT2D eigenvalue weighted by atomic mass is 10.2. The van der Waals surface area contributed by atoms with Crippen molar-refractivity contribution in [3.63, 3.8) is 0 Å². The monoisotopic (exact) mass is 473 g/mol. The zero-order valence-corrected chi connectivity index (χ0v) is 20.7. The van der Waals surface area contributed by atoms with Crippen LogP contribution in [-0.2, 0) is 14.3 Å². The minimum absolute atomic E-state index is 0.0483. The molecule has 3 unspecified atom stereocenters.